The summed E-state index contributed by atoms with van der Waals surface area (Å²) in [6, 6.07) is 0. The van der Waals surface area contributed by atoms with E-state index in [1.54, 1.807) is 0 Å². The third kappa shape index (κ3) is 1.82. The Labute approximate surface area is 50.7 Å². The Morgan fingerprint density at radius 2 is 2.25 bits per heavy atom. The summed E-state index contributed by atoms with van der Waals surface area (Å²) < 4.78 is 6.25. The molecule has 8 heavy (non-hydrogen) atoms. The van der Waals surface area contributed by atoms with Crippen molar-refractivity contribution in [1.29, 1.82) is 0 Å². The highest BCUT2D eigenvalue weighted by Crippen LogP contribution is 2.11. The van der Waals surface area contributed by atoms with Gasteiger partial charge >= 0.3 is 1.43 Å². The second-order valence-corrected chi connectivity index (χ2v) is 2.73. The highest BCUT2D eigenvalue weighted by molar-refractivity contribution is 5.84. The van der Waals surface area contributed by atoms with Crippen LogP contribution in [0.15, 0.2) is 5.16 Å². The van der Waals surface area contributed by atoms with Crippen LogP contribution in [-0.2, 0) is 0 Å². The van der Waals surface area contributed by atoms with Gasteiger partial charge < -0.3 is 10.9 Å². The summed E-state index contributed by atoms with van der Waals surface area (Å²) in [7, 11) is 0. The summed E-state index contributed by atoms with van der Waals surface area (Å²) in [6.45, 7) is 5.68. The highest BCUT2D eigenvalue weighted by atomic mass is 16.4. The molecule has 0 aliphatic heterocycles. The van der Waals surface area contributed by atoms with E-state index in [4.69, 9.17) is 7.16 Å². The van der Waals surface area contributed by atoms with Crippen LogP contribution in [0.4, 0.5) is 0 Å². The Hall–Kier alpha value is -0.730. The molecule has 0 fully saturated rings. The molecule has 0 atom stereocenters. The summed E-state index contributed by atoms with van der Waals surface area (Å²) in [6.07, 6.45) is 0. The van der Waals surface area contributed by atoms with E-state index >= 15 is 0 Å². The minimum atomic E-state index is -0.207. The summed E-state index contributed by atoms with van der Waals surface area (Å²) in [4.78, 5) is 0. The lowest BCUT2D eigenvalue weighted by Gasteiger charge is -2.14. The minimum absolute atomic E-state index is 0.207. The lowest BCUT2D eigenvalue weighted by atomic mass is 9.96. The number of nitrogens with zero attached hydrogens (tertiary/aromatic N) is 1. The standard InChI is InChI=1S/C5H12N2O/c1-5(2,3)4(6)7-8/h8H,1-3H3,(H2,6,7)/i/hT. The number of oxime groups is 1. The number of hydrogen-bond acceptors (Lipinski definition) is 2. The average Bonchev–Trinajstić information content (AvgIpc) is 1.64. The van der Waals surface area contributed by atoms with Gasteiger partial charge in [0.2, 0.25) is 0 Å². The van der Waals surface area contributed by atoms with Gasteiger partial charge in [0.1, 0.15) is 5.84 Å². The molecule has 3 nitrogen and oxygen atoms in total. The fourth-order valence-corrected chi connectivity index (χ4v) is 0.137. The summed E-state index contributed by atoms with van der Waals surface area (Å²) in [5.41, 5.74) is 5.16. The summed E-state index contributed by atoms with van der Waals surface area (Å²) in [5.74, 6) is 0.331. The molecule has 0 aromatic rings. The maximum atomic E-state index is 6.25. The highest BCUT2D eigenvalue weighted by Gasteiger charge is 2.15. The van der Waals surface area contributed by atoms with Gasteiger partial charge in [-0.2, -0.15) is 0 Å². The van der Waals surface area contributed by atoms with Crippen LogP contribution in [0.3, 0.4) is 0 Å². The van der Waals surface area contributed by atoms with E-state index in [2.05, 4.69) is 10.4 Å². The van der Waals surface area contributed by atoms with Gasteiger partial charge in [0.25, 0.3) is 0 Å². The Morgan fingerprint density at radius 3 is 2.38 bits per heavy atom. The zero-order valence-corrected chi connectivity index (χ0v) is 5.43. The number of rotatable bonds is 1. The van der Waals surface area contributed by atoms with Gasteiger partial charge in [-0.25, -0.2) is 0 Å². The Bertz CT molecular complexity index is 117. The van der Waals surface area contributed by atoms with E-state index in [1.807, 2.05) is 20.8 Å². The van der Waals surface area contributed by atoms with E-state index < -0.39 is 0 Å². The molecule has 0 amide bonds. The number of amidine groups is 1. The lowest BCUT2D eigenvalue weighted by molar-refractivity contribution is 0.310. The molecule has 0 aromatic carbocycles. The Morgan fingerprint density at radius 1 is 1.75 bits per heavy atom. The van der Waals surface area contributed by atoms with Crippen molar-refractivity contribution in [2.75, 3.05) is 0 Å². The van der Waals surface area contributed by atoms with Gasteiger partial charge in [-0.15, -0.1) is 0 Å². The SMILES string of the molecule is [3H]O/N=C(\N)C(C)(C)C. The van der Waals surface area contributed by atoms with Crippen molar-refractivity contribution in [3.63, 3.8) is 0 Å². The second-order valence-electron chi connectivity index (χ2n) is 2.73. The quantitative estimate of drug-likeness (QED) is 0.231. The molecule has 0 rings (SSSR count). The van der Waals surface area contributed by atoms with Crippen LogP contribution in [0, 0.1) is 5.41 Å². The van der Waals surface area contributed by atoms with Gasteiger partial charge in [0.05, 0.1) is 0 Å². The molecule has 3 heteroatoms. The van der Waals surface area contributed by atoms with Crippen molar-refractivity contribution >= 4 is 5.84 Å². The molecule has 0 aliphatic rings. The molecule has 0 heterocycles. The van der Waals surface area contributed by atoms with Crippen LogP contribution in [0.5, 0.6) is 0 Å². The topological polar surface area (TPSA) is 58.6 Å². The van der Waals surface area contributed by atoms with E-state index in [1.165, 1.54) is 0 Å². The average molecular weight is 118 g/mol. The van der Waals surface area contributed by atoms with E-state index in [9.17, 15) is 0 Å². The van der Waals surface area contributed by atoms with E-state index in [-0.39, 0.29) is 5.41 Å². The van der Waals surface area contributed by atoms with E-state index in [0.717, 1.165) is 0 Å². The predicted octanol–water partition coefficient (Wildman–Crippen LogP) is 0.779. The molecule has 0 saturated carbocycles. The molecule has 0 aliphatic carbocycles. The molecule has 0 radical (unpaired) electrons. The third-order valence-corrected chi connectivity index (χ3v) is 0.867. The first-order valence-corrected chi connectivity index (χ1v) is 2.44. The second kappa shape index (κ2) is 2.03. The van der Waals surface area contributed by atoms with Crippen LogP contribution < -0.4 is 5.73 Å². The molecule has 0 unspecified atom stereocenters. The molecule has 0 saturated heterocycles. The monoisotopic (exact) mass is 118 g/mol. The first-order chi connectivity index (χ1) is 3.98. The van der Waals surface area contributed by atoms with Crippen LogP contribution in [0.2, 0.25) is 1.43 Å². The van der Waals surface area contributed by atoms with Gasteiger partial charge in [-0.05, 0) is 0 Å². The summed E-state index contributed by atoms with van der Waals surface area (Å²) >= 11 is 0. The lowest BCUT2D eigenvalue weighted by Crippen LogP contribution is -2.28. The van der Waals surface area contributed by atoms with Crippen LogP contribution in [0.1, 0.15) is 20.8 Å². The van der Waals surface area contributed by atoms with Gasteiger partial charge in [-0.3, -0.25) is 0 Å². The molecule has 0 bridgehead atoms. The van der Waals surface area contributed by atoms with E-state index in [0.29, 0.717) is 5.84 Å². The first-order valence-electron chi connectivity index (χ1n) is 2.85. The molecular weight excluding hydrogens is 104 g/mol. The smallest absolute Gasteiger partial charge is 0.330 e. The van der Waals surface area contributed by atoms with Crippen LogP contribution in [0.25, 0.3) is 0 Å². The van der Waals surface area contributed by atoms with Crippen molar-refractivity contribution < 1.29 is 6.64 Å². The van der Waals surface area contributed by atoms with Crippen molar-refractivity contribution in [1.82, 2.24) is 0 Å². The van der Waals surface area contributed by atoms with Crippen molar-refractivity contribution in [2.45, 2.75) is 20.8 Å². The molecule has 3 N–H and O–H groups in total. The summed E-state index contributed by atoms with van der Waals surface area (Å²) in [5, 5.41) is 7.00. The zero-order chi connectivity index (χ0) is 7.49. The molecule has 0 spiro atoms. The zero-order valence-electron chi connectivity index (χ0n) is 6.43. The van der Waals surface area contributed by atoms with Crippen LogP contribution in [-0.4, -0.2) is 11.0 Å². The fourth-order valence-electron chi connectivity index (χ4n) is 0.137. The van der Waals surface area contributed by atoms with Crippen LogP contribution >= 0.6 is 0 Å². The normalized spacial score (nSPS) is 15.4. The van der Waals surface area contributed by atoms with Gasteiger partial charge in [-0.1, -0.05) is 25.9 Å². The third-order valence-electron chi connectivity index (χ3n) is 0.867. The predicted molar refractivity (Wildman–Crippen MR) is 32.9 cm³/mol. The van der Waals surface area contributed by atoms with Crippen molar-refractivity contribution in [3.05, 3.63) is 0 Å². The first kappa shape index (κ1) is 5.41. The van der Waals surface area contributed by atoms with Gasteiger partial charge in [0.15, 0.2) is 0 Å². The van der Waals surface area contributed by atoms with Gasteiger partial charge in [0, 0.05) is 5.41 Å². The Balaban J connectivity index is 4.03. The minimum Gasteiger partial charge on any atom is -0.409 e. The maximum Gasteiger partial charge on any atom is 0.330 e. The van der Waals surface area contributed by atoms with Crippen molar-refractivity contribution in [2.24, 2.45) is 16.3 Å². The number of hydrogen-bond donors (Lipinski definition) is 2. The molecule has 0 aromatic heterocycles. The maximum absolute atomic E-state index is 6.25. The fraction of sp³-hybridized carbons (Fsp3) is 0.800. The van der Waals surface area contributed by atoms with Crippen molar-refractivity contribution in [3.8, 4) is 0 Å². The largest absolute Gasteiger partial charge is 0.409 e. The number of nitrogens with two attached hydrogens (primary N) is 1. The Kier molecular flexibility index (Phi) is 1.37. The molecular formula is C5H12N2O. The molecule has 48 valence electrons.